The molecular formula is C16H17N5O. The van der Waals surface area contributed by atoms with E-state index < -0.39 is 0 Å². The molecule has 112 valence electrons. The van der Waals surface area contributed by atoms with Crippen LogP contribution < -0.4 is 5.32 Å². The Hall–Kier alpha value is -2.63. The molecule has 0 aromatic carbocycles. The lowest BCUT2D eigenvalue weighted by molar-refractivity contribution is 0.101. The van der Waals surface area contributed by atoms with Crippen LogP contribution in [0.2, 0.25) is 0 Å². The Morgan fingerprint density at radius 3 is 3.00 bits per heavy atom. The number of carbonyl (C=O) groups is 1. The summed E-state index contributed by atoms with van der Waals surface area (Å²) in [5, 5.41) is 7.25. The van der Waals surface area contributed by atoms with Crippen molar-refractivity contribution in [3.05, 3.63) is 48.0 Å². The van der Waals surface area contributed by atoms with Crippen LogP contribution in [0.15, 0.2) is 36.8 Å². The van der Waals surface area contributed by atoms with Gasteiger partial charge in [-0.15, -0.1) is 0 Å². The number of hydrogen-bond donors (Lipinski definition) is 1. The quantitative estimate of drug-likeness (QED) is 0.807. The van der Waals surface area contributed by atoms with Gasteiger partial charge in [0.05, 0.1) is 6.20 Å². The van der Waals surface area contributed by atoms with E-state index in [-0.39, 0.29) is 5.91 Å². The van der Waals surface area contributed by atoms with Crippen LogP contribution in [-0.4, -0.2) is 25.1 Å². The molecule has 6 heteroatoms. The van der Waals surface area contributed by atoms with E-state index in [4.69, 9.17) is 0 Å². The Bertz CT molecular complexity index is 843. The topological polar surface area (TPSA) is 64.2 Å². The number of fused-ring (bicyclic) bond motifs is 1. The number of imidazole rings is 1. The minimum absolute atomic E-state index is 0.122. The van der Waals surface area contributed by atoms with Crippen molar-refractivity contribution in [2.24, 2.45) is 7.05 Å². The molecule has 1 amide bonds. The normalized spacial score (nSPS) is 15.0. The fourth-order valence-corrected chi connectivity index (χ4v) is 2.98. The predicted octanol–water partition coefficient (Wildman–Crippen LogP) is 2.59. The van der Waals surface area contributed by atoms with Crippen molar-refractivity contribution in [2.75, 3.05) is 5.32 Å². The molecular weight excluding hydrogens is 278 g/mol. The summed E-state index contributed by atoms with van der Waals surface area (Å²) < 4.78 is 3.52. The van der Waals surface area contributed by atoms with Crippen molar-refractivity contribution < 1.29 is 4.79 Å². The fourth-order valence-electron chi connectivity index (χ4n) is 2.98. The van der Waals surface area contributed by atoms with E-state index in [9.17, 15) is 4.79 Å². The molecule has 0 spiro atoms. The number of nitrogens with zero attached hydrogens (tertiary/aromatic N) is 4. The smallest absolute Gasteiger partial charge is 0.275 e. The third kappa shape index (κ3) is 1.99. The van der Waals surface area contributed by atoms with E-state index in [1.807, 2.05) is 42.0 Å². The molecule has 0 saturated heterocycles. The molecule has 1 N–H and O–H groups in total. The van der Waals surface area contributed by atoms with Crippen molar-refractivity contribution in [1.82, 2.24) is 19.2 Å². The zero-order valence-electron chi connectivity index (χ0n) is 12.4. The van der Waals surface area contributed by atoms with Gasteiger partial charge in [-0.05, 0) is 30.9 Å². The predicted molar refractivity (Wildman–Crippen MR) is 82.9 cm³/mol. The minimum Gasteiger partial charge on any atom is -0.306 e. The maximum Gasteiger partial charge on any atom is 0.275 e. The first kappa shape index (κ1) is 13.1. The van der Waals surface area contributed by atoms with E-state index in [0.29, 0.717) is 17.4 Å². The number of nitrogens with one attached hydrogen (secondary N) is 1. The summed E-state index contributed by atoms with van der Waals surface area (Å²) in [7, 11) is 1.81. The summed E-state index contributed by atoms with van der Waals surface area (Å²) in [6.45, 7) is 0. The molecule has 3 aromatic rings. The van der Waals surface area contributed by atoms with Gasteiger partial charge in [-0.3, -0.25) is 13.9 Å². The molecule has 0 atom stereocenters. The molecule has 1 fully saturated rings. The average molecular weight is 295 g/mol. The highest BCUT2D eigenvalue weighted by atomic mass is 16.2. The van der Waals surface area contributed by atoms with E-state index in [1.165, 1.54) is 6.42 Å². The van der Waals surface area contributed by atoms with Gasteiger partial charge in [0.15, 0.2) is 0 Å². The van der Waals surface area contributed by atoms with Crippen molar-refractivity contribution in [1.29, 1.82) is 0 Å². The fraction of sp³-hybridized carbons (Fsp3) is 0.312. The van der Waals surface area contributed by atoms with Gasteiger partial charge >= 0.3 is 0 Å². The average Bonchev–Trinajstić information content (AvgIpc) is 3.04. The summed E-state index contributed by atoms with van der Waals surface area (Å²) in [4.78, 5) is 17.0. The molecule has 22 heavy (non-hydrogen) atoms. The first-order valence-corrected chi connectivity index (χ1v) is 7.49. The van der Waals surface area contributed by atoms with Crippen LogP contribution >= 0.6 is 0 Å². The number of anilines is 1. The summed E-state index contributed by atoms with van der Waals surface area (Å²) in [5.74, 6) is 1.06. The largest absolute Gasteiger partial charge is 0.306 e. The van der Waals surface area contributed by atoms with Gasteiger partial charge in [0.25, 0.3) is 5.91 Å². The van der Waals surface area contributed by atoms with Gasteiger partial charge in [-0.2, -0.15) is 5.10 Å². The number of amides is 1. The third-order valence-electron chi connectivity index (χ3n) is 4.40. The van der Waals surface area contributed by atoms with Crippen LogP contribution in [0.1, 0.15) is 41.2 Å². The maximum absolute atomic E-state index is 12.7. The van der Waals surface area contributed by atoms with Gasteiger partial charge in [0.1, 0.15) is 17.2 Å². The molecule has 0 unspecified atom stereocenters. The second-order valence-corrected chi connectivity index (χ2v) is 5.72. The van der Waals surface area contributed by atoms with Crippen molar-refractivity contribution in [3.8, 4) is 0 Å². The lowest BCUT2D eigenvalue weighted by Gasteiger charge is -2.25. The summed E-state index contributed by atoms with van der Waals surface area (Å²) in [5.41, 5.74) is 2.52. The Balaban J connectivity index is 1.68. The van der Waals surface area contributed by atoms with Crippen LogP contribution in [0.5, 0.6) is 0 Å². The number of pyridine rings is 1. The second-order valence-electron chi connectivity index (χ2n) is 5.72. The number of aromatic nitrogens is 4. The monoisotopic (exact) mass is 295 g/mol. The van der Waals surface area contributed by atoms with Gasteiger partial charge in [0.2, 0.25) is 0 Å². The van der Waals surface area contributed by atoms with Crippen LogP contribution in [0, 0.1) is 0 Å². The molecule has 0 bridgehead atoms. The third-order valence-corrected chi connectivity index (χ3v) is 4.40. The molecule has 1 aliphatic rings. The lowest BCUT2D eigenvalue weighted by atomic mass is 9.80. The molecule has 1 saturated carbocycles. The van der Waals surface area contributed by atoms with E-state index in [0.717, 1.165) is 24.1 Å². The minimum atomic E-state index is -0.122. The molecule has 1 aliphatic carbocycles. The van der Waals surface area contributed by atoms with E-state index in [2.05, 4.69) is 15.4 Å². The molecule has 3 heterocycles. The van der Waals surface area contributed by atoms with Crippen molar-refractivity contribution >= 4 is 17.4 Å². The highest BCUT2D eigenvalue weighted by Crippen LogP contribution is 2.37. The highest BCUT2D eigenvalue weighted by Gasteiger charge is 2.27. The standard InChI is InChI=1S/C16H17N5O/c1-20-15(12(10-18-20)11-4-2-5-11)16(22)19-14-7-3-6-13-17-8-9-21(13)14/h3,6-11H,2,4-5H2,1H3,(H,19,22). The first-order chi connectivity index (χ1) is 10.7. The van der Waals surface area contributed by atoms with E-state index >= 15 is 0 Å². The Morgan fingerprint density at radius 1 is 1.36 bits per heavy atom. The van der Waals surface area contributed by atoms with E-state index in [1.54, 1.807) is 10.9 Å². The van der Waals surface area contributed by atoms with Gasteiger partial charge in [-0.25, -0.2) is 4.98 Å². The Labute approximate surface area is 127 Å². The molecule has 4 rings (SSSR count). The van der Waals surface area contributed by atoms with Crippen LogP contribution in [0.25, 0.3) is 5.65 Å². The SMILES string of the molecule is Cn1ncc(C2CCC2)c1C(=O)Nc1cccc2nccn12. The molecule has 0 radical (unpaired) electrons. The lowest BCUT2D eigenvalue weighted by Crippen LogP contribution is -2.21. The maximum atomic E-state index is 12.7. The Kier molecular flexibility index (Phi) is 2.96. The van der Waals surface area contributed by atoms with Crippen LogP contribution in [0.3, 0.4) is 0 Å². The van der Waals surface area contributed by atoms with Crippen LogP contribution in [0.4, 0.5) is 5.82 Å². The number of aryl methyl sites for hydroxylation is 1. The zero-order chi connectivity index (χ0) is 15.1. The summed E-state index contributed by atoms with van der Waals surface area (Å²) in [6, 6.07) is 5.65. The van der Waals surface area contributed by atoms with Gasteiger partial charge in [-0.1, -0.05) is 12.5 Å². The Morgan fingerprint density at radius 2 is 2.23 bits per heavy atom. The summed E-state index contributed by atoms with van der Waals surface area (Å²) in [6.07, 6.45) is 8.90. The molecule has 6 nitrogen and oxygen atoms in total. The summed E-state index contributed by atoms with van der Waals surface area (Å²) >= 11 is 0. The van der Waals surface area contributed by atoms with Crippen LogP contribution in [-0.2, 0) is 7.05 Å². The van der Waals surface area contributed by atoms with Gasteiger partial charge < -0.3 is 5.32 Å². The highest BCUT2D eigenvalue weighted by molar-refractivity contribution is 6.03. The first-order valence-electron chi connectivity index (χ1n) is 7.49. The number of rotatable bonds is 3. The number of carbonyl (C=O) groups excluding carboxylic acids is 1. The molecule has 0 aliphatic heterocycles. The second kappa shape index (κ2) is 4.98. The van der Waals surface area contributed by atoms with Gasteiger partial charge in [0, 0.05) is 25.0 Å². The number of hydrogen-bond acceptors (Lipinski definition) is 3. The van der Waals surface area contributed by atoms with Crippen molar-refractivity contribution in [2.45, 2.75) is 25.2 Å². The molecule has 3 aromatic heterocycles. The van der Waals surface area contributed by atoms with Crippen molar-refractivity contribution in [3.63, 3.8) is 0 Å². The zero-order valence-corrected chi connectivity index (χ0v) is 12.4.